The second-order valence-electron chi connectivity index (χ2n) is 4.43. The molecule has 1 aliphatic rings. The van der Waals surface area contributed by atoms with E-state index in [0.717, 1.165) is 5.56 Å². The number of benzene rings is 1. The number of aliphatic hydroxyl groups excluding tert-OH is 2. The van der Waals surface area contributed by atoms with Crippen molar-refractivity contribution in [1.82, 2.24) is 3.11 Å². The van der Waals surface area contributed by atoms with Gasteiger partial charge in [-0.1, -0.05) is 30.3 Å². The molecule has 2 unspecified atom stereocenters. The summed E-state index contributed by atoms with van der Waals surface area (Å²) in [7, 11) is 0. The lowest BCUT2D eigenvalue weighted by molar-refractivity contribution is -0.131. The molecule has 0 radical (unpaired) electrons. The van der Waals surface area contributed by atoms with Crippen LogP contribution in [0.25, 0.3) is 0 Å². The molecular formula is C15H16INO4. The highest BCUT2D eigenvalue weighted by atomic mass is 127. The SMILES string of the molecule is O=C(O)C1=CC=CN(C(CO)C(O)c2ccccc2)I=C1. The average Bonchev–Trinajstić information content (AvgIpc) is 2.75. The van der Waals surface area contributed by atoms with Crippen LogP contribution >= 0.6 is 21.0 Å². The number of carboxylic acid groups (broad SMARTS) is 1. The molecule has 6 heteroatoms. The molecule has 2 rings (SSSR count). The third-order valence-electron chi connectivity index (χ3n) is 3.04. The van der Waals surface area contributed by atoms with Gasteiger partial charge in [0.15, 0.2) is 0 Å². The van der Waals surface area contributed by atoms with Crippen LogP contribution in [0, 0.1) is 0 Å². The molecule has 5 nitrogen and oxygen atoms in total. The van der Waals surface area contributed by atoms with E-state index < -0.39 is 39.1 Å². The standard InChI is InChI=1S/C15H16INO4/c18-10-13(14(19)11-5-2-1-3-6-11)17-8-4-7-12(9-16-17)15(20)21/h1-9,13-14,18-19H,10H2,(H,20,21). The maximum atomic E-state index is 11.0. The van der Waals surface area contributed by atoms with Crippen LogP contribution in [0.3, 0.4) is 0 Å². The van der Waals surface area contributed by atoms with Gasteiger partial charge in [0.25, 0.3) is 0 Å². The van der Waals surface area contributed by atoms with Crippen molar-refractivity contribution >= 4 is 31.0 Å². The van der Waals surface area contributed by atoms with Crippen molar-refractivity contribution in [3.63, 3.8) is 0 Å². The zero-order valence-corrected chi connectivity index (χ0v) is 13.3. The van der Waals surface area contributed by atoms with Crippen LogP contribution in [0.2, 0.25) is 0 Å². The largest absolute Gasteiger partial charge is 0.478 e. The number of allylic oxidation sites excluding steroid dienone is 2. The van der Waals surface area contributed by atoms with Crippen LogP contribution in [0.15, 0.2) is 54.3 Å². The number of aliphatic carboxylic acids is 1. The van der Waals surface area contributed by atoms with E-state index in [1.54, 1.807) is 28.4 Å². The number of carboxylic acids is 1. The number of hydrogen-bond donors (Lipinski definition) is 3. The molecule has 0 saturated heterocycles. The molecule has 1 heterocycles. The maximum absolute atomic E-state index is 11.0. The lowest BCUT2D eigenvalue weighted by atomic mass is 10.0. The molecule has 3 N–H and O–H groups in total. The predicted octanol–water partition coefficient (Wildman–Crippen LogP) is 1.61. The number of hydrogen-bond acceptors (Lipinski definition) is 4. The van der Waals surface area contributed by atoms with Gasteiger partial charge in [0.2, 0.25) is 0 Å². The van der Waals surface area contributed by atoms with E-state index in [0.29, 0.717) is 0 Å². The van der Waals surface area contributed by atoms with Crippen molar-refractivity contribution in [2.45, 2.75) is 12.1 Å². The van der Waals surface area contributed by atoms with Gasteiger partial charge in [-0.25, -0.2) is 4.79 Å². The van der Waals surface area contributed by atoms with Crippen LogP contribution in [-0.2, 0) is 4.79 Å². The van der Waals surface area contributed by atoms with Crippen LogP contribution in [-0.4, -0.2) is 41.1 Å². The topological polar surface area (TPSA) is 81.0 Å². The number of carbonyl (C=O) groups is 1. The van der Waals surface area contributed by atoms with Crippen LogP contribution in [0.5, 0.6) is 0 Å². The lowest BCUT2D eigenvalue weighted by Crippen LogP contribution is -2.33. The average molecular weight is 401 g/mol. The first-order valence-electron chi connectivity index (χ1n) is 6.34. The zero-order valence-electron chi connectivity index (χ0n) is 11.1. The summed E-state index contributed by atoms with van der Waals surface area (Å²) in [6.45, 7) is -0.212. The Kier molecular flexibility index (Phi) is 5.66. The molecule has 0 spiro atoms. The van der Waals surface area contributed by atoms with Gasteiger partial charge in [0.1, 0.15) is 6.10 Å². The van der Waals surface area contributed by atoms with Gasteiger partial charge in [-0.15, -0.1) is 0 Å². The minimum Gasteiger partial charge on any atom is -0.478 e. The molecule has 21 heavy (non-hydrogen) atoms. The Hall–Kier alpha value is -1.51. The quantitative estimate of drug-likeness (QED) is 0.516. The first-order valence-corrected chi connectivity index (χ1v) is 8.55. The van der Waals surface area contributed by atoms with E-state index in [9.17, 15) is 15.0 Å². The van der Waals surface area contributed by atoms with Gasteiger partial charge in [-0.3, -0.25) is 0 Å². The lowest BCUT2D eigenvalue weighted by Gasteiger charge is -2.29. The van der Waals surface area contributed by atoms with Crippen LogP contribution < -0.4 is 0 Å². The summed E-state index contributed by atoms with van der Waals surface area (Å²) >= 11 is -0.772. The normalized spacial score (nSPS) is 17.4. The van der Waals surface area contributed by atoms with E-state index in [4.69, 9.17) is 5.11 Å². The molecule has 1 aromatic carbocycles. The van der Waals surface area contributed by atoms with Crippen molar-refractivity contribution in [2.75, 3.05) is 6.61 Å². The second kappa shape index (κ2) is 7.48. The zero-order chi connectivity index (χ0) is 15.2. The third kappa shape index (κ3) is 3.99. The molecule has 1 aromatic rings. The fourth-order valence-corrected chi connectivity index (χ4v) is 4.25. The van der Waals surface area contributed by atoms with Gasteiger partial charge in [0, 0.05) is 31.2 Å². The summed E-state index contributed by atoms with van der Waals surface area (Å²) in [4.78, 5) is 11.0. The van der Waals surface area contributed by atoms with E-state index in [1.165, 1.54) is 6.08 Å². The van der Waals surface area contributed by atoms with Gasteiger partial charge in [-0.2, -0.15) is 0 Å². The van der Waals surface area contributed by atoms with Crippen molar-refractivity contribution in [2.24, 2.45) is 0 Å². The van der Waals surface area contributed by atoms with Gasteiger partial charge >= 0.3 is 5.97 Å². The van der Waals surface area contributed by atoms with E-state index in [1.807, 2.05) is 21.3 Å². The minimum absolute atomic E-state index is 0.212. The maximum Gasteiger partial charge on any atom is 0.336 e. The van der Waals surface area contributed by atoms with Crippen LogP contribution in [0.4, 0.5) is 0 Å². The Bertz CT molecular complexity index is 583. The Morgan fingerprint density at radius 3 is 2.62 bits per heavy atom. The fraction of sp³-hybridized carbons (Fsp3) is 0.200. The summed E-state index contributed by atoms with van der Waals surface area (Å²) in [5, 5.41) is 29.0. The minimum atomic E-state index is -0.967. The highest BCUT2D eigenvalue weighted by molar-refractivity contribution is 14.2. The molecule has 2 atom stereocenters. The summed E-state index contributed by atoms with van der Waals surface area (Å²) < 4.78 is 3.50. The first kappa shape index (κ1) is 15.9. The Balaban J connectivity index is 2.19. The number of rotatable bonds is 5. The summed E-state index contributed by atoms with van der Waals surface area (Å²) in [5.74, 6) is -0.967. The Labute approximate surface area is 132 Å². The highest BCUT2D eigenvalue weighted by Crippen LogP contribution is 2.27. The van der Waals surface area contributed by atoms with E-state index in [-0.39, 0.29) is 12.2 Å². The first-order chi connectivity index (χ1) is 10.1. The highest BCUT2D eigenvalue weighted by Gasteiger charge is 2.24. The molecule has 1 aliphatic heterocycles. The van der Waals surface area contributed by atoms with E-state index in [2.05, 4.69) is 0 Å². The summed E-state index contributed by atoms with van der Waals surface area (Å²) in [6, 6.07) is 8.64. The molecule has 0 aromatic heterocycles. The second-order valence-corrected chi connectivity index (χ2v) is 6.72. The van der Waals surface area contributed by atoms with Gasteiger partial charge in [0.05, 0.1) is 18.2 Å². The molecule has 0 aliphatic carbocycles. The van der Waals surface area contributed by atoms with Crippen molar-refractivity contribution < 1.29 is 20.1 Å². The number of halogens is 1. The predicted molar refractivity (Wildman–Crippen MR) is 89.1 cm³/mol. The molecular weight excluding hydrogens is 385 g/mol. The molecule has 0 saturated carbocycles. The molecule has 0 fully saturated rings. The van der Waals surface area contributed by atoms with Crippen molar-refractivity contribution in [1.29, 1.82) is 0 Å². The van der Waals surface area contributed by atoms with Crippen LogP contribution in [0.1, 0.15) is 11.7 Å². The third-order valence-corrected chi connectivity index (χ3v) is 5.67. The van der Waals surface area contributed by atoms with E-state index >= 15 is 0 Å². The summed E-state index contributed by atoms with van der Waals surface area (Å²) in [6.07, 6.45) is 4.05. The van der Waals surface area contributed by atoms with Crippen molar-refractivity contribution in [3.05, 3.63) is 59.8 Å². The monoisotopic (exact) mass is 401 g/mol. The molecule has 112 valence electrons. The number of aliphatic hydroxyl groups is 2. The fourth-order valence-electron chi connectivity index (χ4n) is 1.89. The molecule has 0 bridgehead atoms. The Morgan fingerprint density at radius 2 is 2.00 bits per heavy atom. The summed E-state index contributed by atoms with van der Waals surface area (Å²) in [5.41, 5.74) is 0.970. The van der Waals surface area contributed by atoms with Gasteiger partial charge in [-0.05, 0) is 17.7 Å². The van der Waals surface area contributed by atoms with Crippen molar-refractivity contribution in [3.8, 4) is 0 Å². The van der Waals surface area contributed by atoms with Gasteiger partial charge < -0.3 is 18.4 Å². The molecule has 0 amide bonds. The Morgan fingerprint density at radius 1 is 1.29 bits per heavy atom. The smallest absolute Gasteiger partial charge is 0.336 e. The number of nitrogens with zero attached hydrogens (tertiary/aromatic N) is 1.